The number of carbonyl (C=O) groups excluding carboxylic acids is 2. The normalized spacial score (nSPS) is 9.21. The lowest BCUT2D eigenvalue weighted by molar-refractivity contribution is -0.254. The van der Waals surface area contributed by atoms with Crippen molar-refractivity contribution < 1.29 is 24.5 Å². The Morgan fingerprint density at radius 2 is 1.93 bits per heavy atom. The highest BCUT2D eigenvalue weighted by atomic mass is 17.2. The molecule has 5 heteroatoms. The number of rotatable bonds is 6. The Kier molecular flexibility index (Phi) is 7.45. The van der Waals surface area contributed by atoms with Gasteiger partial charge in [0.25, 0.3) is 0 Å². The molecule has 5 nitrogen and oxygen atoms in total. The van der Waals surface area contributed by atoms with Gasteiger partial charge in [-0.1, -0.05) is 13.0 Å². The molecule has 0 unspecified atom stereocenters. The molecule has 0 aliphatic rings. The molecular formula is C9H14O5. The van der Waals surface area contributed by atoms with E-state index in [1.54, 1.807) is 0 Å². The van der Waals surface area contributed by atoms with Crippen LogP contribution in [0.25, 0.3) is 0 Å². The summed E-state index contributed by atoms with van der Waals surface area (Å²) >= 11 is 0. The Morgan fingerprint density at radius 1 is 1.21 bits per heavy atom. The fourth-order valence-electron chi connectivity index (χ4n) is 0.721. The number of aliphatic hydroxyl groups excluding tert-OH is 1. The summed E-state index contributed by atoms with van der Waals surface area (Å²) in [6.07, 6.45) is 3.06. The maximum Gasteiger partial charge on any atom is 0.378 e. The summed E-state index contributed by atoms with van der Waals surface area (Å²) in [5, 5.41) is 8.44. The Bertz CT molecular complexity index is 199. The van der Waals surface area contributed by atoms with Gasteiger partial charge in [-0.05, 0) is 12.8 Å². The molecule has 0 aromatic rings. The fourth-order valence-corrected chi connectivity index (χ4v) is 0.721. The third-order valence-corrected chi connectivity index (χ3v) is 1.42. The van der Waals surface area contributed by atoms with E-state index < -0.39 is 11.9 Å². The van der Waals surface area contributed by atoms with Gasteiger partial charge in [0.05, 0.1) is 6.42 Å². The summed E-state index contributed by atoms with van der Waals surface area (Å²) in [5.74, 6) is -1.40. The molecule has 0 amide bonds. The summed E-state index contributed by atoms with van der Waals surface area (Å²) in [7, 11) is 0. The molecule has 0 saturated heterocycles. The zero-order chi connectivity index (χ0) is 10.8. The lowest BCUT2D eigenvalue weighted by Gasteiger charge is -2.00. The molecule has 0 fully saturated rings. The molecule has 80 valence electrons. The van der Waals surface area contributed by atoms with Gasteiger partial charge in [0, 0.05) is 12.7 Å². The number of aliphatic hydroxyl groups is 1. The predicted molar refractivity (Wildman–Crippen MR) is 47.9 cm³/mol. The number of hydrogen-bond acceptors (Lipinski definition) is 5. The minimum Gasteiger partial charge on any atom is -0.396 e. The molecule has 0 aliphatic carbocycles. The maximum atomic E-state index is 10.8. The van der Waals surface area contributed by atoms with Crippen molar-refractivity contribution in [1.29, 1.82) is 0 Å². The van der Waals surface area contributed by atoms with Gasteiger partial charge in [-0.25, -0.2) is 19.4 Å². The number of carbonyl (C=O) groups is 2. The second-order valence-corrected chi connectivity index (χ2v) is 2.60. The highest BCUT2D eigenvalue weighted by Crippen LogP contribution is 2.01. The second-order valence-electron chi connectivity index (χ2n) is 2.60. The third-order valence-electron chi connectivity index (χ3n) is 1.42. The van der Waals surface area contributed by atoms with E-state index in [1.807, 2.05) is 0 Å². The van der Waals surface area contributed by atoms with Gasteiger partial charge >= 0.3 is 11.9 Å². The van der Waals surface area contributed by atoms with E-state index in [9.17, 15) is 9.59 Å². The Morgan fingerprint density at radius 3 is 2.50 bits per heavy atom. The fraction of sp³-hybridized carbons (Fsp3) is 0.556. The van der Waals surface area contributed by atoms with Gasteiger partial charge in [-0.15, -0.1) is 0 Å². The van der Waals surface area contributed by atoms with Crippen LogP contribution in [0, 0.1) is 0 Å². The van der Waals surface area contributed by atoms with E-state index in [1.165, 1.54) is 0 Å². The van der Waals surface area contributed by atoms with E-state index in [4.69, 9.17) is 5.11 Å². The van der Waals surface area contributed by atoms with Crippen LogP contribution in [0.5, 0.6) is 0 Å². The lowest BCUT2D eigenvalue weighted by Crippen LogP contribution is -2.09. The van der Waals surface area contributed by atoms with Crippen molar-refractivity contribution in [3.63, 3.8) is 0 Å². The molecule has 0 aromatic heterocycles. The zero-order valence-corrected chi connectivity index (χ0v) is 7.90. The Labute approximate surface area is 82.2 Å². The van der Waals surface area contributed by atoms with Gasteiger partial charge < -0.3 is 5.11 Å². The smallest absolute Gasteiger partial charge is 0.378 e. The molecule has 0 aliphatic heterocycles. The van der Waals surface area contributed by atoms with Gasteiger partial charge in [0.1, 0.15) is 0 Å². The van der Waals surface area contributed by atoms with Crippen molar-refractivity contribution in [2.24, 2.45) is 0 Å². The van der Waals surface area contributed by atoms with Gasteiger partial charge in [0.15, 0.2) is 0 Å². The zero-order valence-electron chi connectivity index (χ0n) is 7.90. The van der Waals surface area contributed by atoms with Crippen LogP contribution in [0.15, 0.2) is 12.7 Å². The van der Waals surface area contributed by atoms with Gasteiger partial charge in [-0.3, -0.25) is 0 Å². The van der Waals surface area contributed by atoms with Crippen molar-refractivity contribution in [2.75, 3.05) is 6.61 Å². The average Bonchev–Trinajstić information content (AvgIpc) is 2.21. The standard InChI is InChI=1S/C9H14O5/c1-2-8(11)13-14-9(12)6-4-3-5-7-10/h2,10H,1,3-7H2. The first-order valence-electron chi connectivity index (χ1n) is 4.35. The quantitative estimate of drug-likeness (QED) is 0.297. The van der Waals surface area contributed by atoms with Crippen molar-refractivity contribution in [1.82, 2.24) is 0 Å². The minimum atomic E-state index is -0.797. The SMILES string of the molecule is C=CC(=O)OOC(=O)CCCCCO. The first-order valence-corrected chi connectivity index (χ1v) is 4.35. The number of unbranched alkanes of at least 4 members (excludes halogenated alkanes) is 2. The highest BCUT2D eigenvalue weighted by molar-refractivity contribution is 5.81. The van der Waals surface area contributed by atoms with E-state index >= 15 is 0 Å². The van der Waals surface area contributed by atoms with E-state index in [0.717, 1.165) is 12.5 Å². The average molecular weight is 202 g/mol. The van der Waals surface area contributed by atoms with Crippen LogP contribution in [0.2, 0.25) is 0 Å². The molecule has 0 atom stereocenters. The molecule has 14 heavy (non-hydrogen) atoms. The summed E-state index contributed by atoms with van der Waals surface area (Å²) in [5.41, 5.74) is 0. The maximum absolute atomic E-state index is 10.8. The Hall–Kier alpha value is -1.36. The molecular weight excluding hydrogens is 188 g/mol. The van der Waals surface area contributed by atoms with Crippen LogP contribution in [0.4, 0.5) is 0 Å². The van der Waals surface area contributed by atoms with Crippen LogP contribution >= 0.6 is 0 Å². The van der Waals surface area contributed by atoms with E-state index in [-0.39, 0.29) is 13.0 Å². The van der Waals surface area contributed by atoms with Crippen molar-refractivity contribution in [2.45, 2.75) is 25.7 Å². The molecule has 1 N–H and O–H groups in total. The molecule has 0 aromatic carbocycles. The summed E-state index contributed by atoms with van der Waals surface area (Å²) in [6.45, 7) is 3.24. The van der Waals surface area contributed by atoms with Crippen molar-refractivity contribution in [3.8, 4) is 0 Å². The topological polar surface area (TPSA) is 72.8 Å². The molecule has 0 heterocycles. The Balaban J connectivity index is 3.37. The molecule has 0 spiro atoms. The van der Waals surface area contributed by atoms with Crippen LogP contribution in [0.1, 0.15) is 25.7 Å². The van der Waals surface area contributed by atoms with Crippen molar-refractivity contribution in [3.05, 3.63) is 12.7 Å². The predicted octanol–water partition coefficient (Wildman–Crippen LogP) is 0.726. The van der Waals surface area contributed by atoms with Gasteiger partial charge in [-0.2, -0.15) is 0 Å². The van der Waals surface area contributed by atoms with Crippen LogP contribution < -0.4 is 0 Å². The first kappa shape index (κ1) is 12.6. The minimum absolute atomic E-state index is 0.112. The largest absolute Gasteiger partial charge is 0.396 e. The molecule has 0 saturated carbocycles. The number of hydrogen-bond donors (Lipinski definition) is 1. The van der Waals surface area contributed by atoms with E-state index in [0.29, 0.717) is 12.8 Å². The summed E-state index contributed by atoms with van der Waals surface area (Å²) in [4.78, 5) is 29.5. The van der Waals surface area contributed by atoms with Crippen LogP contribution in [-0.2, 0) is 19.4 Å². The molecule has 0 rings (SSSR count). The lowest BCUT2D eigenvalue weighted by atomic mass is 10.2. The van der Waals surface area contributed by atoms with Crippen LogP contribution in [-0.4, -0.2) is 23.7 Å². The third kappa shape index (κ3) is 7.30. The van der Waals surface area contributed by atoms with Crippen molar-refractivity contribution >= 4 is 11.9 Å². The van der Waals surface area contributed by atoms with Crippen LogP contribution in [0.3, 0.4) is 0 Å². The second kappa shape index (κ2) is 8.25. The highest BCUT2D eigenvalue weighted by Gasteiger charge is 2.06. The summed E-state index contributed by atoms with van der Waals surface area (Å²) in [6, 6.07) is 0. The van der Waals surface area contributed by atoms with Gasteiger partial charge in [0.2, 0.25) is 0 Å². The monoisotopic (exact) mass is 202 g/mol. The molecule has 0 bridgehead atoms. The van der Waals surface area contributed by atoms with E-state index in [2.05, 4.69) is 16.4 Å². The first-order chi connectivity index (χ1) is 6.70. The summed E-state index contributed by atoms with van der Waals surface area (Å²) < 4.78 is 0. The molecule has 0 radical (unpaired) electrons.